The molecule has 2 rings (SSSR count). The van der Waals surface area contributed by atoms with E-state index in [0.717, 1.165) is 24.5 Å². The molecule has 0 radical (unpaired) electrons. The number of piperazine rings is 1. The van der Waals surface area contributed by atoms with Gasteiger partial charge in [0, 0.05) is 26.2 Å². The van der Waals surface area contributed by atoms with E-state index in [4.69, 9.17) is 10.5 Å². The highest BCUT2D eigenvalue weighted by molar-refractivity contribution is 5.85. The Balaban J connectivity index is 0.00000220. The number of halogens is 2. The van der Waals surface area contributed by atoms with Crippen LogP contribution in [0, 0.1) is 0 Å². The molecule has 0 unspecified atom stereocenters. The van der Waals surface area contributed by atoms with Crippen LogP contribution < -0.4 is 15.4 Å². The summed E-state index contributed by atoms with van der Waals surface area (Å²) in [6.07, 6.45) is 0. The third-order valence-electron chi connectivity index (χ3n) is 3.49. The van der Waals surface area contributed by atoms with Crippen molar-refractivity contribution in [2.75, 3.05) is 37.7 Å². The Morgan fingerprint density at radius 2 is 1.82 bits per heavy atom. The minimum Gasteiger partial charge on any atom is -0.492 e. The fourth-order valence-corrected chi connectivity index (χ4v) is 2.45. The lowest BCUT2D eigenvalue weighted by atomic mass is 10.2. The van der Waals surface area contributed by atoms with Gasteiger partial charge < -0.3 is 20.3 Å². The van der Waals surface area contributed by atoms with Crippen LogP contribution in [0.3, 0.4) is 0 Å². The highest BCUT2D eigenvalue weighted by Crippen LogP contribution is 2.28. The van der Waals surface area contributed by atoms with E-state index in [1.807, 2.05) is 30.0 Å². The van der Waals surface area contributed by atoms with E-state index in [2.05, 4.69) is 11.0 Å². The van der Waals surface area contributed by atoms with Crippen molar-refractivity contribution in [2.24, 2.45) is 5.73 Å². The van der Waals surface area contributed by atoms with Gasteiger partial charge >= 0.3 is 0 Å². The van der Waals surface area contributed by atoms with Crippen LogP contribution in [-0.2, 0) is 4.79 Å². The fraction of sp³-hybridized carbons (Fsp3) is 0.533. The van der Waals surface area contributed by atoms with Gasteiger partial charge in [-0.2, -0.15) is 0 Å². The second kappa shape index (κ2) is 9.77. The topological polar surface area (TPSA) is 58.8 Å². The van der Waals surface area contributed by atoms with Gasteiger partial charge in [0.15, 0.2) is 0 Å². The maximum absolute atomic E-state index is 11.9. The highest BCUT2D eigenvalue weighted by atomic mass is 35.5. The average molecular weight is 350 g/mol. The molecule has 0 bridgehead atoms. The first-order chi connectivity index (χ1) is 9.63. The van der Waals surface area contributed by atoms with Gasteiger partial charge in [-0.25, -0.2) is 0 Å². The van der Waals surface area contributed by atoms with Crippen LogP contribution in [0.4, 0.5) is 5.69 Å². The van der Waals surface area contributed by atoms with E-state index in [9.17, 15) is 4.79 Å². The van der Waals surface area contributed by atoms with Crippen molar-refractivity contribution in [3.05, 3.63) is 24.3 Å². The number of rotatable bonds is 4. The number of carbonyl (C=O) groups excluding carboxylic acids is 1. The van der Waals surface area contributed by atoms with Crippen LogP contribution in [0.1, 0.15) is 13.8 Å². The van der Waals surface area contributed by atoms with Gasteiger partial charge in [-0.15, -0.1) is 24.8 Å². The van der Waals surface area contributed by atoms with Crippen LogP contribution in [0.25, 0.3) is 0 Å². The molecule has 0 spiro atoms. The number of amides is 1. The lowest BCUT2D eigenvalue weighted by Gasteiger charge is -2.37. The number of carbonyl (C=O) groups is 1. The number of benzene rings is 1. The summed E-state index contributed by atoms with van der Waals surface area (Å²) < 4.78 is 5.66. The highest BCUT2D eigenvalue weighted by Gasteiger charge is 2.24. The largest absolute Gasteiger partial charge is 0.492 e. The van der Waals surface area contributed by atoms with Crippen LogP contribution in [0.5, 0.6) is 5.75 Å². The van der Waals surface area contributed by atoms with Crippen molar-refractivity contribution in [2.45, 2.75) is 19.9 Å². The number of ether oxygens (including phenoxy) is 1. The summed E-state index contributed by atoms with van der Waals surface area (Å²) in [5.41, 5.74) is 6.75. The first-order valence-corrected chi connectivity index (χ1v) is 7.14. The maximum atomic E-state index is 11.9. The summed E-state index contributed by atoms with van der Waals surface area (Å²) in [6, 6.07) is 7.62. The second-order valence-corrected chi connectivity index (χ2v) is 5.00. The molecular formula is C15H25Cl2N3O2. The molecule has 126 valence electrons. The zero-order valence-electron chi connectivity index (χ0n) is 13.0. The molecule has 1 amide bonds. The van der Waals surface area contributed by atoms with Crippen molar-refractivity contribution >= 4 is 36.4 Å². The number of para-hydroxylation sites is 2. The Labute approximate surface area is 144 Å². The average Bonchev–Trinajstić information content (AvgIpc) is 2.47. The summed E-state index contributed by atoms with van der Waals surface area (Å²) in [7, 11) is 0. The van der Waals surface area contributed by atoms with Crippen molar-refractivity contribution in [1.82, 2.24) is 4.90 Å². The van der Waals surface area contributed by atoms with Gasteiger partial charge in [0.25, 0.3) is 0 Å². The predicted octanol–water partition coefficient (Wildman–Crippen LogP) is 1.92. The second-order valence-electron chi connectivity index (χ2n) is 5.00. The lowest BCUT2D eigenvalue weighted by molar-refractivity contribution is -0.132. The summed E-state index contributed by atoms with van der Waals surface area (Å²) in [5.74, 6) is 0.935. The van der Waals surface area contributed by atoms with Crippen molar-refractivity contribution < 1.29 is 9.53 Å². The fourth-order valence-electron chi connectivity index (χ4n) is 2.45. The Bertz CT molecular complexity index is 464. The number of nitrogens with two attached hydrogens (primary N) is 1. The number of nitrogens with zero attached hydrogens (tertiary/aromatic N) is 2. The molecule has 1 saturated heterocycles. The monoisotopic (exact) mass is 349 g/mol. The molecule has 1 heterocycles. The van der Waals surface area contributed by atoms with Crippen molar-refractivity contribution in [1.29, 1.82) is 0 Å². The first kappa shape index (κ1) is 20.8. The molecule has 0 saturated carbocycles. The van der Waals surface area contributed by atoms with Crippen LogP contribution in [0.15, 0.2) is 24.3 Å². The smallest absolute Gasteiger partial charge is 0.239 e. The molecule has 5 nitrogen and oxygen atoms in total. The Morgan fingerprint density at radius 3 is 2.36 bits per heavy atom. The van der Waals surface area contributed by atoms with E-state index >= 15 is 0 Å². The lowest BCUT2D eigenvalue weighted by Crippen LogP contribution is -2.52. The minimum absolute atomic E-state index is 0. The third kappa shape index (κ3) is 4.93. The molecule has 1 aromatic carbocycles. The van der Waals surface area contributed by atoms with Crippen LogP contribution >= 0.6 is 24.8 Å². The van der Waals surface area contributed by atoms with E-state index in [1.165, 1.54) is 0 Å². The van der Waals surface area contributed by atoms with E-state index < -0.39 is 6.04 Å². The standard InChI is InChI=1S/C15H23N3O2.2ClH/c1-3-20-14-7-5-4-6-13(14)17-8-10-18(11-9-17)15(19)12(2)16;;/h4-7,12H,3,8-11,16H2,1-2H3;2*1H/t12-;;/m0../s1. The minimum atomic E-state index is -0.419. The molecule has 1 aliphatic rings. The zero-order chi connectivity index (χ0) is 14.5. The number of hydrogen-bond donors (Lipinski definition) is 1. The maximum Gasteiger partial charge on any atom is 0.239 e. The third-order valence-corrected chi connectivity index (χ3v) is 3.49. The van der Waals surface area contributed by atoms with Gasteiger partial charge in [0.2, 0.25) is 5.91 Å². The molecule has 1 aliphatic heterocycles. The first-order valence-electron chi connectivity index (χ1n) is 7.14. The van der Waals surface area contributed by atoms with Gasteiger partial charge in [-0.3, -0.25) is 4.79 Å². The van der Waals surface area contributed by atoms with Gasteiger partial charge in [0.1, 0.15) is 5.75 Å². The summed E-state index contributed by atoms with van der Waals surface area (Å²) in [5, 5.41) is 0. The van der Waals surface area contributed by atoms with Crippen molar-refractivity contribution in [3.63, 3.8) is 0 Å². The Morgan fingerprint density at radius 1 is 1.23 bits per heavy atom. The Kier molecular flexibility index (Phi) is 9.25. The Hall–Kier alpha value is -1.17. The van der Waals surface area contributed by atoms with Gasteiger partial charge in [-0.05, 0) is 26.0 Å². The van der Waals surface area contributed by atoms with E-state index in [1.54, 1.807) is 6.92 Å². The molecule has 7 heteroatoms. The SMILES string of the molecule is CCOc1ccccc1N1CCN(C(=O)[C@H](C)N)CC1.Cl.Cl. The van der Waals surface area contributed by atoms with Gasteiger partial charge in [0.05, 0.1) is 18.3 Å². The van der Waals surface area contributed by atoms with Crippen LogP contribution in [0.2, 0.25) is 0 Å². The normalized spacial score (nSPS) is 15.4. The summed E-state index contributed by atoms with van der Waals surface area (Å²) >= 11 is 0. The van der Waals surface area contributed by atoms with Crippen LogP contribution in [-0.4, -0.2) is 49.6 Å². The molecule has 1 aromatic rings. The molecule has 0 aliphatic carbocycles. The molecule has 22 heavy (non-hydrogen) atoms. The quantitative estimate of drug-likeness (QED) is 0.902. The molecule has 1 fully saturated rings. The number of anilines is 1. The van der Waals surface area contributed by atoms with Crippen molar-refractivity contribution in [3.8, 4) is 5.75 Å². The van der Waals surface area contributed by atoms with E-state index in [-0.39, 0.29) is 30.7 Å². The van der Waals surface area contributed by atoms with E-state index in [0.29, 0.717) is 19.7 Å². The summed E-state index contributed by atoms with van der Waals surface area (Å²) in [4.78, 5) is 16.0. The number of hydrogen-bond acceptors (Lipinski definition) is 4. The molecular weight excluding hydrogens is 325 g/mol. The molecule has 2 N–H and O–H groups in total. The zero-order valence-corrected chi connectivity index (χ0v) is 14.7. The van der Waals surface area contributed by atoms with Gasteiger partial charge in [-0.1, -0.05) is 12.1 Å². The predicted molar refractivity (Wildman–Crippen MR) is 94.5 cm³/mol. The molecule has 1 atom stereocenters. The summed E-state index contributed by atoms with van der Waals surface area (Å²) in [6.45, 7) is 7.40. The molecule has 0 aromatic heterocycles.